The largest absolute Gasteiger partial charge is 0.310 e. The van der Waals surface area contributed by atoms with Crippen LogP contribution in [0.15, 0.2) is 46.9 Å². The number of benzene rings is 2. The Kier molecular flexibility index (Phi) is 5.58. The molecule has 2 aromatic rings. The van der Waals surface area contributed by atoms with E-state index < -0.39 is 0 Å². The number of rotatable bonds is 5. The maximum absolute atomic E-state index is 13.6. The first-order chi connectivity index (χ1) is 9.61. The standard InChI is InChI=1S/C16H16BrClFN/c1-2-20-15(11-6-8-13(18)9-7-11)10-12-4-3-5-14(19)16(12)17/h3-9,15,20H,2,10H2,1H3. The van der Waals surface area contributed by atoms with Crippen molar-refractivity contribution in [1.29, 1.82) is 0 Å². The average molecular weight is 357 g/mol. The molecule has 0 radical (unpaired) electrons. The molecule has 0 fully saturated rings. The van der Waals surface area contributed by atoms with Crippen molar-refractivity contribution in [2.24, 2.45) is 0 Å². The second kappa shape index (κ2) is 7.21. The molecule has 2 rings (SSSR count). The van der Waals surface area contributed by atoms with Crippen LogP contribution in [-0.2, 0) is 6.42 Å². The normalized spacial score (nSPS) is 12.4. The predicted octanol–water partition coefficient (Wildman–Crippen LogP) is 5.13. The van der Waals surface area contributed by atoms with Crippen LogP contribution in [0.3, 0.4) is 0 Å². The second-order valence-electron chi connectivity index (χ2n) is 4.58. The maximum Gasteiger partial charge on any atom is 0.137 e. The van der Waals surface area contributed by atoms with Crippen LogP contribution >= 0.6 is 27.5 Å². The number of likely N-dealkylation sites (N-methyl/N-ethyl adjacent to an activating group) is 1. The minimum Gasteiger partial charge on any atom is -0.310 e. The molecule has 20 heavy (non-hydrogen) atoms. The molecule has 106 valence electrons. The molecule has 1 N–H and O–H groups in total. The highest BCUT2D eigenvalue weighted by molar-refractivity contribution is 9.10. The van der Waals surface area contributed by atoms with Crippen molar-refractivity contribution < 1.29 is 4.39 Å². The smallest absolute Gasteiger partial charge is 0.137 e. The summed E-state index contributed by atoms with van der Waals surface area (Å²) in [4.78, 5) is 0. The zero-order chi connectivity index (χ0) is 14.5. The molecule has 1 atom stereocenters. The van der Waals surface area contributed by atoms with Gasteiger partial charge in [0, 0.05) is 11.1 Å². The molecule has 0 saturated heterocycles. The molecule has 0 aliphatic carbocycles. The molecule has 0 saturated carbocycles. The molecule has 1 nitrogen and oxygen atoms in total. The van der Waals surface area contributed by atoms with Crippen LogP contribution in [0.4, 0.5) is 4.39 Å². The van der Waals surface area contributed by atoms with Gasteiger partial charge in [-0.3, -0.25) is 0 Å². The Hall–Kier alpha value is -0.900. The molecule has 0 aliphatic rings. The zero-order valence-electron chi connectivity index (χ0n) is 11.2. The minimum absolute atomic E-state index is 0.135. The van der Waals surface area contributed by atoms with E-state index in [0.717, 1.165) is 22.7 Å². The molecule has 0 heterocycles. The topological polar surface area (TPSA) is 12.0 Å². The van der Waals surface area contributed by atoms with E-state index in [9.17, 15) is 4.39 Å². The first-order valence-electron chi connectivity index (χ1n) is 6.53. The lowest BCUT2D eigenvalue weighted by atomic mass is 9.99. The molecular weight excluding hydrogens is 341 g/mol. The summed E-state index contributed by atoms with van der Waals surface area (Å²) in [6, 6.07) is 13.0. The van der Waals surface area contributed by atoms with E-state index in [2.05, 4.69) is 28.2 Å². The molecule has 0 amide bonds. The summed E-state index contributed by atoms with van der Waals surface area (Å²) < 4.78 is 14.1. The maximum atomic E-state index is 13.6. The van der Waals surface area contributed by atoms with Gasteiger partial charge in [0.05, 0.1) is 4.47 Å². The van der Waals surface area contributed by atoms with Gasteiger partial charge in [0.25, 0.3) is 0 Å². The van der Waals surface area contributed by atoms with Gasteiger partial charge in [-0.15, -0.1) is 0 Å². The van der Waals surface area contributed by atoms with E-state index in [0.29, 0.717) is 10.9 Å². The van der Waals surface area contributed by atoms with Gasteiger partial charge in [-0.2, -0.15) is 0 Å². The predicted molar refractivity (Wildman–Crippen MR) is 85.7 cm³/mol. The van der Waals surface area contributed by atoms with E-state index >= 15 is 0 Å². The van der Waals surface area contributed by atoms with Crippen LogP contribution in [0.5, 0.6) is 0 Å². The van der Waals surface area contributed by atoms with E-state index in [1.54, 1.807) is 6.07 Å². The van der Waals surface area contributed by atoms with Crippen molar-refractivity contribution in [2.45, 2.75) is 19.4 Å². The molecular formula is C16H16BrClFN. The average Bonchev–Trinajstić information content (AvgIpc) is 2.44. The van der Waals surface area contributed by atoms with Gasteiger partial charge in [-0.25, -0.2) is 4.39 Å². The summed E-state index contributed by atoms with van der Waals surface area (Å²) in [5, 5.41) is 4.15. The van der Waals surface area contributed by atoms with Crippen LogP contribution in [0, 0.1) is 5.82 Å². The summed E-state index contributed by atoms with van der Waals surface area (Å²) in [6.45, 7) is 2.91. The Labute approximate surface area is 132 Å². The fourth-order valence-electron chi connectivity index (χ4n) is 2.18. The summed E-state index contributed by atoms with van der Waals surface area (Å²) in [6.07, 6.45) is 0.716. The number of hydrogen-bond acceptors (Lipinski definition) is 1. The van der Waals surface area contributed by atoms with E-state index in [1.165, 1.54) is 6.07 Å². The summed E-state index contributed by atoms with van der Waals surface area (Å²) in [5.41, 5.74) is 2.10. The highest BCUT2D eigenvalue weighted by Crippen LogP contribution is 2.26. The van der Waals surface area contributed by atoms with Gasteiger partial charge >= 0.3 is 0 Å². The molecule has 0 bridgehead atoms. The van der Waals surface area contributed by atoms with Crippen molar-refractivity contribution in [1.82, 2.24) is 5.32 Å². The Morgan fingerprint density at radius 2 is 1.90 bits per heavy atom. The minimum atomic E-state index is -0.228. The lowest BCUT2D eigenvalue weighted by Crippen LogP contribution is -2.23. The molecule has 1 unspecified atom stereocenters. The first-order valence-corrected chi connectivity index (χ1v) is 7.70. The van der Waals surface area contributed by atoms with E-state index in [4.69, 9.17) is 11.6 Å². The molecule has 0 aliphatic heterocycles. The van der Waals surface area contributed by atoms with Gasteiger partial charge in [0.1, 0.15) is 5.82 Å². The fraction of sp³-hybridized carbons (Fsp3) is 0.250. The quantitative estimate of drug-likeness (QED) is 0.782. The van der Waals surface area contributed by atoms with Gasteiger partial charge in [-0.05, 0) is 58.2 Å². The highest BCUT2D eigenvalue weighted by atomic mass is 79.9. The van der Waals surface area contributed by atoms with Crippen molar-refractivity contribution >= 4 is 27.5 Å². The van der Waals surface area contributed by atoms with Crippen LogP contribution in [0.25, 0.3) is 0 Å². The number of hydrogen-bond donors (Lipinski definition) is 1. The Morgan fingerprint density at radius 3 is 2.55 bits per heavy atom. The number of halogens is 3. The fourth-order valence-corrected chi connectivity index (χ4v) is 2.73. The third-order valence-corrected chi connectivity index (χ3v) is 4.32. The third kappa shape index (κ3) is 3.81. The summed E-state index contributed by atoms with van der Waals surface area (Å²) in [5.74, 6) is -0.228. The third-order valence-electron chi connectivity index (χ3n) is 3.18. The lowest BCUT2D eigenvalue weighted by Gasteiger charge is -2.19. The Bertz CT molecular complexity index is 571. The monoisotopic (exact) mass is 355 g/mol. The molecule has 0 aromatic heterocycles. The second-order valence-corrected chi connectivity index (χ2v) is 5.81. The summed E-state index contributed by atoms with van der Waals surface area (Å²) in [7, 11) is 0. The molecule has 4 heteroatoms. The van der Waals surface area contributed by atoms with Crippen LogP contribution in [0.2, 0.25) is 5.02 Å². The highest BCUT2D eigenvalue weighted by Gasteiger charge is 2.14. The van der Waals surface area contributed by atoms with Gasteiger partial charge in [0.15, 0.2) is 0 Å². The van der Waals surface area contributed by atoms with Crippen molar-refractivity contribution in [2.75, 3.05) is 6.54 Å². The van der Waals surface area contributed by atoms with Gasteiger partial charge in [0.2, 0.25) is 0 Å². The van der Waals surface area contributed by atoms with Crippen LogP contribution < -0.4 is 5.32 Å². The van der Waals surface area contributed by atoms with Crippen molar-refractivity contribution in [3.63, 3.8) is 0 Å². The zero-order valence-corrected chi connectivity index (χ0v) is 13.5. The number of nitrogens with one attached hydrogen (secondary N) is 1. The molecule has 2 aromatic carbocycles. The molecule has 0 spiro atoms. The Morgan fingerprint density at radius 1 is 1.20 bits per heavy atom. The van der Waals surface area contributed by atoms with Crippen molar-refractivity contribution in [3.05, 3.63) is 68.9 Å². The van der Waals surface area contributed by atoms with Gasteiger partial charge in [-0.1, -0.05) is 42.8 Å². The van der Waals surface area contributed by atoms with Crippen LogP contribution in [0.1, 0.15) is 24.1 Å². The van der Waals surface area contributed by atoms with Crippen molar-refractivity contribution in [3.8, 4) is 0 Å². The van der Waals surface area contributed by atoms with Crippen LogP contribution in [-0.4, -0.2) is 6.54 Å². The summed E-state index contributed by atoms with van der Waals surface area (Å²) >= 11 is 9.24. The van der Waals surface area contributed by atoms with E-state index in [-0.39, 0.29) is 11.9 Å². The Balaban J connectivity index is 2.25. The van der Waals surface area contributed by atoms with Gasteiger partial charge < -0.3 is 5.32 Å². The van der Waals surface area contributed by atoms with E-state index in [1.807, 2.05) is 30.3 Å². The SMILES string of the molecule is CCNC(Cc1cccc(F)c1Br)c1ccc(Cl)cc1. The lowest BCUT2D eigenvalue weighted by molar-refractivity contribution is 0.545. The first kappa shape index (κ1) is 15.5.